The van der Waals surface area contributed by atoms with Crippen molar-refractivity contribution in [3.63, 3.8) is 0 Å². The zero-order chi connectivity index (χ0) is 19.3. The molecule has 0 bridgehead atoms. The summed E-state index contributed by atoms with van der Waals surface area (Å²) in [6.45, 7) is 5.46. The number of ether oxygens (including phenoxy) is 1. The lowest BCUT2D eigenvalue weighted by atomic mass is 10.1. The maximum atomic E-state index is 12.5. The summed E-state index contributed by atoms with van der Waals surface area (Å²) in [7, 11) is -1.84. The van der Waals surface area contributed by atoms with Crippen LogP contribution in [-0.4, -0.2) is 27.2 Å². The van der Waals surface area contributed by atoms with Gasteiger partial charge in [0.15, 0.2) is 0 Å². The smallest absolute Gasteiger partial charge is 0.255 e. The summed E-state index contributed by atoms with van der Waals surface area (Å²) in [5, 5.41) is 2.83. The molecule has 26 heavy (non-hydrogen) atoms. The molecule has 0 aliphatic carbocycles. The van der Waals surface area contributed by atoms with Gasteiger partial charge >= 0.3 is 0 Å². The second kappa shape index (κ2) is 8.23. The van der Waals surface area contributed by atoms with E-state index in [1.807, 2.05) is 13.0 Å². The monoisotopic (exact) mass is 376 g/mol. The van der Waals surface area contributed by atoms with Crippen LogP contribution in [0.15, 0.2) is 36.4 Å². The SMILES string of the molecule is CCCS(=O)(=O)Nc1cccc(NC(=O)c2ccc(C)c(OC)c2)c1C. The van der Waals surface area contributed by atoms with Gasteiger partial charge in [-0.15, -0.1) is 0 Å². The first-order valence-electron chi connectivity index (χ1n) is 8.33. The summed E-state index contributed by atoms with van der Waals surface area (Å²) in [4.78, 5) is 12.5. The Labute approximate surface area is 154 Å². The molecule has 0 radical (unpaired) electrons. The normalized spacial score (nSPS) is 11.1. The van der Waals surface area contributed by atoms with E-state index in [-0.39, 0.29) is 11.7 Å². The van der Waals surface area contributed by atoms with Gasteiger partial charge in [0.2, 0.25) is 10.0 Å². The molecule has 0 fully saturated rings. The number of amides is 1. The molecular weight excluding hydrogens is 352 g/mol. The fourth-order valence-corrected chi connectivity index (χ4v) is 3.72. The average Bonchev–Trinajstić information content (AvgIpc) is 2.58. The van der Waals surface area contributed by atoms with Gasteiger partial charge in [-0.25, -0.2) is 8.42 Å². The maximum Gasteiger partial charge on any atom is 0.255 e. The van der Waals surface area contributed by atoms with Gasteiger partial charge < -0.3 is 10.1 Å². The van der Waals surface area contributed by atoms with E-state index < -0.39 is 10.0 Å². The lowest BCUT2D eigenvalue weighted by molar-refractivity contribution is 0.102. The number of anilines is 2. The number of benzene rings is 2. The number of aryl methyl sites for hydroxylation is 1. The quantitative estimate of drug-likeness (QED) is 0.771. The lowest BCUT2D eigenvalue weighted by Crippen LogP contribution is -2.18. The number of nitrogens with one attached hydrogen (secondary N) is 2. The third kappa shape index (κ3) is 4.76. The molecule has 0 unspecified atom stereocenters. The highest BCUT2D eigenvalue weighted by molar-refractivity contribution is 7.92. The second-order valence-corrected chi connectivity index (χ2v) is 7.88. The molecule has 0 aliphatic rings. The Morgan fingerprint density at radius 2 is 1.81 bits per heavy atom. The Bertz CT molecular complexity index is 908. The van der Waals surface area contributed by atoms with Gasteiger partial charge in [0.1, 0.15) is 5.75 Å². The van der Waals surface area contributed by atoms with Crippen molar-refractivity contribution >= 4 is 27.3 Å². The van der Waals surface area contributed by atoms with Crippen LogP contribution in [-0.2, 0) is 10.0 Å². The molecule has 0 atom stereocenters. The highest BCUT2D eigenvalue weighted by Gasteiger charge is 2.14. The van der Waals surface area contributed by atoms with Crippen molar-refractivity contribution in [1.29, 1.82) is 0 Å². The molecule has 0 heterocycles. The van der Waals surface area contributed by atoms with E-state index in [9.17, 15) is 13.2 Å². The molecule has 2 aromatic carbocycles. The van der Waals surface area contributed by atoms with Gasteiger partial charge in [0.25, 0.3) is 5.91 Å². The van der Waals surface area contributed by atoms with Crippen LogP contribution in [0.4, 0.5) is 11.4 Å². The van der Waals surface area contributed by atoms with E-state index in [2.05, 4.69) is 10.0 Å². The van der Waals surface area contributed by atoms with Crippen LogP contribution < -0.4 is 14.8 Å². The number of hydrogen-bond donors (Lipinski definition) is 2. The van der Waals surface area contributed by atoms with Crippen LogP contribution in [0.25, 0.3) is 0 Å². The van der Waals surface area contributed by atoms with Crippen LogP contribution in [0, 0.1) is 13.8 Å². The van der Waals surface area contributed by atoms with E-state index in [1.54, 1.807) is 51.3 Å². The Morgan fingerprint density at radius 1 is 1.12 bits per heavy atom. The highest BCUT2D eigenvalue weighted by Crippen LogP contribution is 2.26. The predicted molar refractivity (Wildman–Crippen MR) is 105 cm³/mol. The molecule has 140 valence electrons. The zero-order valence-corrected chi connectivity index (χ0v) is 16.2. The van der Waals surface area contributed by atoms with E-state index >= 15 is 0 Å². The Kier molecular flexibility index (Phi) is 6.26. The first-order valence-corrected chi connectivity index (χ1v) is 9.98. The third-order valence-electron chi connectivity index (χ3n) is 3.99. The maximum absolute atomic E-state index is 12.5. The molecule has 0 aliphatic heterocycles. The van der Waals surface area contributed by atoms with Crippen LogP contribution in [0.2, 0.25) is 0 Å². The molecule has 2 rings (SSSR count). The van der Waals surface area contributed by atoms with E-state index in [0.29, 0.717) is 34.7 Å². The Hall–Kier alpha value is -2.54. The molecular formula is C19H24N2O4S. The number of methoxy groups -OCH3 is 1. The molecule has 0 saturated carbocycles. The zero-order valence-electron chi connectivity index (χ0n) is 15.4. The molecule has 7 heteroatoms. The fraction of sp³-hybridized carbons (Fsp3) is 0.316. The van der Waals surface area contributed by atoms with E-state index in [4.69, 9.17) is 4.74 Å². The molecule has 6 nitrogen and oxygen atoms in total. The fourth-order valence-electron chi connectivity index (χ4n) is 2.52. The molecule has 2 aromatic rings. The van der Waals surface area contributed by atoms with Gasteiger partial charge in [-0.05, 0) is 55.7 Å². The van der Waals surface area contributed by atoms with Crippen molar-refractivity contribution < 1.29 is 17.9 Å². The Morgan fingerprint density at radius 3 is 2.46 bits per heavy atom. The van der Waals surface area contributed by atoms with Crippen molar-refractivity contribution in [3.8, 4) is 5.75 Å². The third-order valence-corrected chi connectivity index (χ3v) is 5.47. The molecule has 2 N–H and O–H groups in total. The minimum atomic E-state index is -3.40. The van der Waals surface area contributed by atoms with E-state index in [0.717, 1.165) is 5.56 Å². The second-order valence-electron chi connectivity index (χ2n) is 6.04. The predicted octanol–water partition coefficient (Wildman–Crippen LogP) is 3.72. The van der Waals surface area contributed by atoms with Crippen molar-refractivity contribution in [2.24, 2.45) is 0 Å². The standard InChI is InChI=1S/C19H24N2O4S/c1-5-11-26(23,24)21-17-8-6-7-16(14(17)3)20-19(22)15-10-9-13(2)18(12-15)25-4/h6-10,12,21H,5,11H2,1-4H3,(H,20,22). The topological polar surface area (TPSA) is 84.5 Å². The number of carbonyl (C=O) groups is 1. The average molecular weight is 376 g/mol. The summed E-state index contributed by atoms with van der Waals surface area (Å²) in [5.41, 5.74) is 3.06. The van der Waals surface area contributed by atoms with Crippen molar-refractivity contribution in [1.82, 2.24) is 0 Å². The number of carbonyl (C=O) groups excluding carboxylic acids is 1. The Balaban J connectivity index is 2.25. The van der Waals surface area contributed by atoms with Gasteiger partial charge in [0.05, 0.1) is 18.6 Å². The summed E-state index contributed by atoms with van der Waals surface area (Å²) in [6.07, 6.45) is 0.528. The number of rotatable bonds is 7. The lowest BCUT2D eigenvalue weighted by Gasteiger charge is -2.14. The van der Waals surface area contributed by atoms with Crippen LogP contribution >= 0.6 is 0 Å². The van der Waals surface area contributed by atoms with Gasteiger partial charge in [-0.3, -0.25) is 9.52 Å². The minimum absolute atomic E-state index is 0.0478. The number of sulfonamides is 1. The molecule has 0 aromatic heterocycles. The van der Waals surface area contributed by atoms with Gasteiger partial charge in [-0.1, -0.05) is 19.1 Å². The van der Waals surface area contributed by atoms with Gasteiger partial charge in [-0.2, -0.15) is 0 Å². The van der Waals surface area contributed by atoms with Crippen LogP contribution in [0.3, 0.4) is 0 Å². The largest absolute Gasteiger partial charge is 0.496 e. The summed E-state index contributed by atoms with van der Waals surface area (Å²) in [5.74, 6) is 0.391. The van der Waals surface area contributed by atoms with Crippen LogP contribution in [0.1, 0.15) is 34.8 Å². The molecule has 0 saturated heterocycles. The molecule has 0 spiro atoms. The van der Waals surface area contributed by atoms with Crippen LogP contribution in [0.5, 0.6) is 5.75 Å². The van der Waals surface area contributed by atoms with Crippen molar-refractivity contribution in [2.75, 3.05) is 22.9 Å². The minimum Gasteiger partial charge on any atom is -0.496 e. The van der Waals surface area contributed by atoms with E-state index in [1.165, 1.54) is 0 Å². The van der Waals surface area contributed by atoms with Crippen molar-refractivity contribution in [2.45, 2.75) is 27.2 Å². The first kappa shape index (κ1) is 19.8. The summed E-state index contributed by atoms with van der Waals surface area (Å²) >= 11 is 0. The summed E-state index contributed by atoms with van der Waals surface area (Å²) < 4.78 is 31.8. The summed E-state index contributed by atoms with van der Waals surface area (Å²) in [6, 6.07) is 10.3. The number of hydrogen-bond acceptors (Lipinski definition) is 4. The van der Waals surface area contributed by atoms with Gasteiger partial charge in [0, 0.05) is 11.3 Å². The highest BCUT2D eigenvalue weighted by atomic mass is 32.2. The molecule has 1 amide bonds. The van der Waals surface area contributed by atoms with Crippen molar-refractivity contribution in [3.05, 3.63) is 53.1 Å². The first-order chi connectivity index (χ1) is 12.3.